The van der Waals surface area contributed by atoms with Gasteiger partial charge in [-0.15, -0.1) is 0 Å². The molecule has 2 N–H and O–H groups in total. The minimum Gasteiger partial charge on any atom is -0.326 e. The van der Waals surface area contributed by atoms with E-state index >= 15 is 0 Å². The Bertz CT molecular complexity index is 636. The number of carbonyl (C=O) groups is 2. The highest BCUT2D eigenvalue weighted by molar-refractivity contribution is 9.08. The van der Waals surface area contributed by atoms with Gasteiger partial charge in [-0.05, 0) is 42.0 Å². The normalized spacial score (nSPS) is 10.0. The van der Waals surface area contributed by atoms with Gasteiger partial charge < -0.3 is 10.6 Å². The molecule has 0 heterocycles. The van der Waals surface area contributed by atoms with Crippen LogP contribution in [-0.4, -0.2) is 11.8 Å². The number of amides is 2. The van der Waals surface area contributed by atoms with E-state index in [9.17, 15) is 9.59 Å². The highest BCUT2D eigenvalue weighted by atomic mass is 79.9. The summed E-state index contributed by atoms with van der Waals surface area (Å²) in [6.07, 6.45) is 0. The van der Waals surface area contributed by atoms with Crippen molar-refractivity contribution in [2.45, 2.75) is 12.3 Å². The first-order chi connectivity index (χ1) is 10.1. The zero-order chi connectivity index (χ0) is 15.2. The van der Waals surface area contributed by atoms with Crippen molar-refractivity contribution in [3.8, 4) is 0 Å². The Morgan fingerprint density at radius 3 is 1.90 bits per heavy atom. The number of alkyl halides is 1. The molecule has 0 aliphatic rings. The molecule has 21 heavy (non-hydrogen) atoms. The van der Waals surface area contributed by atoms with Crippen LogP contribution in [0.5, 0.6) is 0 Å². The van der Waals surface area contributed by atoms with Crippen molar-refractivity contribution in [2.24, 2.45) is 0 Å². The summed E-state index contributed by atoms with van der Waals surface area (Å²) in [4.78, 5) is 23.0. The Morgan fingerprint density at radius 1 is 0.905 bits per heavy atom. The van der Waals surface area contributed by atoms with Gasteiger partial charge in [-0.25, -0.2) is 0 Å². The molecule has 5 heteroatoms. The van der Waals surface area contributed by atoms with Gasteiger partial charge in [0, 0.05) is 29.2 Å². The fourth-order valence-electron chi connectivity index (χ4n) is 1.79. The van der Waals surface area contributed by atoms with Crippen LogP contribution in [0.15, 0.2) is 48.5 Å². The lowest BCUT2D eigenvalue weighted by atomic mass is 10.1. The van der Waals surface area contributed by atoms with E-state index in [1.165, 1.54) is 6.92 Å². The second-order valence-electron chi connectivity index (χ2n) is 4.54. The molecule has 0 fully saturated rings. The highest BCUT2D eigenvalue weighted by Gasteiger charge is 2.06. The summed E-state index contributed by atoms with van der Waals surface area (Å²) in [5.41, 5.74) is 3.10. The molecule has 0 unspecified atom stereocenters. The molecule has 0 aromatic heterocycles. The zero-order valence-electron chi connectivity index (χ0n) is 11.5. The van der Waals surface area contributed by atoms with Crippen LogP contribution in [0, 0.1) is 0 Å². The van der Waals surface area contributed by atoms with E-state index in [-0.39, 0.29) is 11.8 Å². The van der Waals surface area contributed by atoms with Crippen LogP contribution < -0.4 is 10.6 Å². The minimum atomic E-state index is -0.164. The maximum absolute atomic E-state index is 12.1. The fourth-order valence-corrected chi connectivity index (χ4v) is 2.16. The molecule has 0 aliphatic heterocycles. The predicted octanol–water partition coefficient (Wildman–Crippen LogP) is 3.79. The first-order valence-corrected chi connectivity index (χ1v) is 7.54. The molecule has 2 aromatic rings. The molecule has 0 spiro atoms. The van der Waals surface area contributed by atoms with Crippen molar-refractivity contribution >= 4 is 39.1 Å². The van der Waals surface area contributed by atoms with Crippen LogP contribution in [0.25, 0.3) is 0 Å². The topological polar surface area (TPSA) is 58.2 Å². The summed E-state index contributed by atoms with van der Waals surface area (Å²) in [5, 5.41) is 6.25. The molecule has 2 amide bonds. The van der Waals surface area contributed by atoms with E-state index in [0.29, 0.717) is 16.9 Å². The third kappa shape index (κ3) is 4.43. The van der Waals surface area contributed by atoms with Gasteiger partial charge in [-0.3, -0.25) is 9.59 Å². The monoisotopic (exact) mass is 346 g/mol. The maximum Gasteiger partial charge on any atom is 0.255 e. The Labute approximate surface area is 131 Å². The molecule has 0 aliphatic carbocycles. The Kier molecular flexibility index (Phi) is 5.11. The molecule has 4 nitrogen and oxygen atoms in total. The molecular weight excluding hydrogens is 332 g/mol. The first kappa shape index (κ1) is 15.3. The van der Waals surface area contributed by atoms with Gasteiger partial charge in [0.25, 0.3) is 5.91 Å². The van der Waals surface area contributed by atoms with Crippen LogP contribution in [0.4, 0.5) is 11.4 Å². The average molecular weight is 347 g/mol. The van der Waals surface area contributed by atoms with Crippen LogP contribution >= 0.6 is 15.9 Å². The van der Waals surface area contributed by atoms with E-state index in [2.05, 4.69) is 26.6 Å². The summed E-state index contributed by atoms with van der Waals surface area (Å²) in [5.74, 6) is -0.290. The third-order valence-corrected chi connectivity index (χ3v) is 3.48. The number of halogens is 1. The number of anilines is 2. The second kappa shape index (κ2) is 7.04. The molecular formula is C16H15BrN2O2. The molecule has 0 bridgehead atoms. The van der Waals surface area contributed by atoms with Crippen molar-refractivity contribution in [3.63, 3.8) is 0 Å². The summed E-state index contributed by atoms with van der Waals surface area (Å²) >= 11 is 3.37. The molecule has 2 rings (SSSR count). The standard InChI is InChI=1S/C16H15BrN2O2/c1-11(20)18-14-6-8-15(9-7-14)19-16(21)13-4-2-12(10-17)3-5-13/h2-9H,10H2,1H3,(H,18,20)(H,19,21). The number of carbonyl (C=O) groups excluding carboxylic acids is 2. The molecule has 0 atom stereocenters. The largest absolute Gasteiger partial charge is 0.326 e. The predicted molar refractivity (Wildman–Crippen MR) is 87.8 cm³/mol. The molecule has 0 saturated heterocycles. The minimum absolute atomic E-state index is 0.126. The molecule has 0 radical (unpaired) electrons. The number of hydrogen-bond donors (Lipinski definition) is 2. The Morgan fingerprint density at radius 2 is 1.43 bits per heavy atom. The third-order valence-electron chi connectivity index (χ3n) is 2.83. The quantitative estimate of drug-likeness (QED) is 0.827. The summed E-state index contributed by atoms with van der Waals surface area (Å²) in [6, 6.07) is 14.4. The maximum atomic E-state index is 12.1. The summed E-state index contributed by atoms with van der Waals surface area (Å²) in [7, 11) is 0. The second-order valence-corrected chi connectivity index (χ2v) is 5.10. The number of benzene rings is 2. The van der Waals surface area contributed by atoms with E-state index in [1.807, 2.05) is 12.1 Å². The van der Waals surface area contributed by atoms with Crippen molar-refractivity contribution in [2.75, 3.05) is 10.6 Å². The SMILES string of the molecule is CC(=O)Nc1ccc(NC(=O)c2ccc(CBr)cc2)cc1. The Balaban J connectivity index is 2.03. The summed E-state index contributed by atoms with van der Waals surface area (Å²) < 4.78 is 0. The number of hydrogen-bond acceptors (Lipinski definition) is 2. The smallest absolute Gasteiger partial charge is 0.255 e. The summed E-state index contributed by atoms with van der Waals surface area (Å²) in [6.45, 7) is 1.45. The lowest BCUT2D eigenvalue weighted by molar-refractivity contribution is -0.114. The van der Waals surface area contributed by atoms with Crippen LogP contribution in [0.1, 0.15) is 22.8 Å². The van der Waals surface area contributed by atoms with Crippen molar-refractivity contribution in [1.82, 2.24) is 0 Å². The number of nitrogens with one attached hydrogen (secondary N) is 2. The van der Waals surface area contributed by atoms with Crippen molar-refractivity contribution in [1.29, 1.82) is 0 Å². The molecule has 2 aromatic carbocycles. The van der Waals surface area contributed by atoms with Crippen LogP contribution in [0.2, 0.25) is 0 Å². The van der Waals surface area contributed by atoms with Gasteiger partial charge in [-0.1, -0.05) is 28.1 Å². The van der Waals surface area contributed by atoms with Crippen LogP contribution in [-0.2, 0) is 10.1 Å². The first-order valence-electron chi connectivity index (χ1n) is 6.42. The van der Waals surface area contributed by atoms with Gasteiger partial charge in [0.1, 0.15) is 0 Å². The van der Waals surface area contributed by atoms with Gasteiger partial charge in [0.15, 0.2) is 0 Å². The van der Waals surface area contributed by atoms with Crippen molar-refractivity contribution < 1.29 is 9.59 Å². The highest BCUT2D eigenvalue weighted by Crippen LogP contribution is 2.15. The fraction of sp³-hybridized carbons (Fsp3) is 0.125. The number of rotatable bonds is 4. The van der Waals surface area contributed by atoms with Crippen LogP contribution in [0.3, 0.4) is 0 Å². The zero-order valence-corrected chi connectivity index (χ0v) is 13.1. The van der Waals surface area contributed by atoms with E-state index in [1.54, 1.807) is 36.4 Å². The van der Waals surface area contributed by atoms with Gasteiger partial charge in [0.2, 0.25) is 5.91 Å². The molecule has 108 valence electrons. The van der Waals surface area contributed by atoms with Gasteiger partial charge in [-0.2, -0.15) is 0 Å². The molecule has 0 saturated carbocycles. The van der Waals surface area contributed by atoms with Crippen molar-refractivity contribution in [3.05, 3.63) is 59.7 Å². The lowest BCUT2D eigenvalue weighted by Gasteiger charge is -2.07. The van der Waals surface area contributed by atoms with Gasteiger partial charge >= 0.3 is 0 Å². The van der Waals surface area contributed by atoms with E-state index < -0.39 is 0 Å². The van der Waals surface area contributed by atoms with Gasteiger partial charge in [0.05, 0.1) is 0 Å². The van der Waals surface area contributed by atoms with E-state index in [4.69, 9.17) is 0 Å². The average Bonchev–Trinajstić information content (AvgIpc) is 2.49. The Hall–Kier alpha value is -2.14. The van der Waals surface area contributed by atoms with E-state index in [0.717, 1.165) is 10.9 Å². The lowest BCUT2D eigenvalue weighted by Crippen LogP contribution is -2.12.